The molecule has 0 amide bonds. The zero-order valence-corrected chi connectivity index (χ0v) is 12.5. The van der Waals surface area contributed by atoms with E-state index in [4.69, 9.17) is 21.4 Å². The maximum atomic E-state index is 9.12. The lowest BCUT2D eigenvalue weighted by atomic mass is 10.2. The summed E-state index contributed by atoms with van der Waals surface area (Å²) in [4.78, 5) is 0. The molecule has 20 heavy (non-hydrogen) atoms. The average Bonchev–Trinajstić information content (AvgIpc) is 2.81. The number of rotatable bonds is 6. The van der Waals surface area contributed by atoms with Gasteiger partial charge in [0, 0.05) is 6.54 Å². The fraction of sp³-hybridized carbons (Fsp3) is 0.400. The third-order valence-corrected chi connectivity index (χ3v) is 3.59. The molecule has 0 atom stereocenters. The molecule has 0 bridgehead atoms. The van der Waals surface area contributed by atoms with Gasteiger partial charge in [-0.05, 0) is 31.0 Å². The third-order valence-electron chi connectivity index (χ3n) is 3.15. The number of benzene rings is 1. The lowest BCUT2D eigenvalue weighted by molar-refractivity contribution is 0.275. The van der Waals surface area contributed by atoms with Gasteiger partial charge in [0.1, 0.15) is 12.4 Å². The first-order valence-corrected chi connectivity index (χ1v) is 7.14. The van der Waals surface area contributed by atoms with Gasteiger partial charge >= 0.3 is 0 Å². The molecule has 0 aliphatic carbocycles. The van der Waals surface area contributed by atoms with Crippen molar-refractivity contribution < 1.29 is 9.84 Å². The fourth-order valence-corrected chi connectivity index (χ4v) is 2.36. The van der Waals surface area contributed by atoms with Crippen LogP contribution >= 0.6 is 11.6 Å². The molecule has 5 heteroatoms. The van der Waals surface area contributed by atoms with Crippen molar-refractivity contribution in [3.8, 4) is 5.75 Å². The molecule has 4 nitrogen and oxygen atoms in total. The summed E-state index contributed by atoms with van der Waals surface area (Å²) in [6.45, 7) is 5.19. The van der Waals surface area contributed by atoms with Crippen molar-refractivity contribution >= 4 is 11.6 Å². The van der Waals surface area contributed by atoms with E-state index in [0.717, 1.165) is 35.7 Å². The molecule has 2 rings (SSSR count). The molecule has 0 saturated heterocycles. The summed E-state index contributed by atoms with van der Waals surface area (Å²) in [5, 5.41) is 14.3. The van der Waals surface area contributed by atoms with Crippen molar-refractivity contribution in [2.24, 2.45) is 0 Å². The number of halogens is 1. The molecule has 0 aliphatic heterocycles. The van der Waals surface area contributed by atoms with Gasteiger partial charge in [-0.2, -0.15) is 5.10 Å². The van der Waals surface area contributed by atoms with Crippen LogP contribution in [0.2, 0.25) is 5.02 Å². The Kier molecular flexibility index (Phi) is 5.04. The predicted octanol–water partition coefficient (Wildman–Crippen LogP) is 3.19. The Morgan fingerprint density at radius 3 is 2.80 bits per heavy atom. The number of aromatic nitrogens is 2. The van der Waals surface area contributed by atoms with E-state index in [1.54, 1.807) is 0 Å². The quantitative estimate of drug-likeness (QED) is 0.890. The van der Waals surface area contributed by atoms with Crippen molar-refractivity contribution in [2.45, 2.75) is 40.0 Å². The van der Waals surface area contributed by atoms with Gasteiger partial charge in [-0.25, -0.2) is 0 Å². The maximum Gasteiger partial charge on any atom is 0.131 e. The van der Waals surface area contributed by atoms with E-state index < -0.39 is 0 Å². The molecule has 0 saturated carbocycles. The van der Waals surface area contributed by atoms with Gasteiger partial charge in [0.15, 0.2) is 0 Å². The van der Waals surface area contributed by atoms with Gasteiger partial charge in [-0.3, -0.25) is 4.68 Å². The minimum atomic E-state index is 0.00479. The molecular weight excluding hydrogens is 276 g/mol. The summed E-state index contributed by atoms with van der Waals surface area (Å²) >= 11 is 6.33. The molecule has 108 valence electrons. The highest BCUT2D eigenvalue weighted by molar-refractivity contribution is 6.31. The number of nitrogens with zero attached hydrogens (tertiary/aromatic N) is 2. The number of aryl methyl sites for hydroxylation is 2. The molecule has 1 aromatic heterocycles. The molecule has 0 spiro atoms. The Bertz CT molecular complexity index is 581. The van der Waals surface area contributed by atoms with Crippen molar-refractivity contribution in [3.05, 3.63) is 46.2 Å². The zero-order valence-electron chi connectivity index (χ0n) is 11.8. The van der Waals surface area contributed by atoms with Crippen LogP contribution in [0.25, 0.3) is 0 Å². The van der Waals surface area contributed by atoms with Crippen LogP contribution in [0.5, 0.6) is 5.75 Å². The number of aliphatic hydroxyl groups is 1. The maximum absolute atomic E-state index is 9.12. The summed E-state index contributed by atoms with van der Waals surface area (Å²) < 4.78 is 7.63. The Labute approximate surface area is 123 Å². The summed E-state index contributed by atoms with van der Waals surface area (Å²) in [5.74, 6) is 0.717. The van der Waals surface area contributed by atoms with Gasteiger partial charge < -0.3 is 9.84 Å². The van der Waals surface area contributed by atoms with Gasteiger partial charge in [0.25, 0.3) is 0 Å². The van der Waals surface area contributed by atoms with Gasteiger partial charge in [0.2, 0.25) is 0 Å². The van der Waals surface area contributed by atoms with E-state index in [0.29, 0.717) is 11.6 Å². The first kappa shape index (κ1) is 14.9. The second-order valence-electron chi connectivity index (χ2n) is 4.47. The van der Waals surface area contributed by atoms with Gasteiger partial charge in [-0.15, -0.1) is 0 Å². The van der Waals surface area contributed by atoms with E-state index in [1.807, 2.05) is 42.8 Å². The van der Waals surface area contributed by atoms with E-state index in [1.165, 1.54) is 0 Å². The second-order valence-corrected chi connectivity index (χ2v) is 4.85. The van der Waals surface area contributed by atoms with Crippen molar-refractivity contribution in [1.29, 1.82) is 0 Å². The molecule has 0 aliphatic rings. The number of hydrogen-bond acceptors (Lipinski definition) is 3. The zero-order chi connectivity index (χ0) is 14.5. The highest BCUT2D eigenvalue weighted by Gasteiger charge is 2.14. The summed E-state index contributed by atoms with van der Waals surface area (Å²) in [7, 11) is 0. The number of ether oxygens (including phenoxy) is 1. The molecule has 1 aromatic carbocycles. The van der Waals surface area contributed by atoms with Crippen LogP contribution in [0.15, 0.2) is 24.3 Å². The van der Waals surface area contributed by atoms with Crippen LogP contribution in [-0.2, 0) is 26.2 Å². The van der Waals surface area contributed by atoms with E-state index in [-0.39, 0.29) is 6.61 Å². The lowest BCUT2D eigenvalue weighted by Gasteiger charge is -2.09. The number of hydrogen-bond donors (Lipinski definition) is 1. The van der Waals surface area contributed by atoms with Crippen LogP contribution in [0.1, 0.15) is 30.8 Å². The van der Waals surface area contributed by atoms with Gasteiger partial charge in [-0.1, -0.05) is 30.7 Å². The Balaban J connectivity index is 2.15. The molecule has 2 aromatic rings. The normalized spacial score (nSPS) is 10.8. The van der Waals surface area contributed by atoms with Crippen molar-refractivity contribution in [2.75, 3.05) is 0 Å². The minimum Gasteiger partial charge on any atom is -0.487 e. The largest absolute Gasteiger partial charge is 0.487 e. The van der Waals surface area contributed by atoms with Crippen LogP contribution < -0.4 is 4.74 Å². The third kappa shape index (κ3) is 3.14. The van der Waals surface area contributed by atoms with Crippen LogP contribution in [0.3, 0.4) is 0 Å². The summed E-state index contributed by atoms with van der Waals surface area (Å²) in [6, 6.07) is 7.39. The topological polar surface area (TPSA) is 47.3 Å². The lowest BCUT2D eigenvalue weighted by Crippen LogP contribution is -2.06. The highest BCUT2D eigenvalue weighted by atomic mass is 35.5. The SMILES string of the molecule is CCc1nn(CC)c(COc2cccc(CO)c2)c1Cl. The monoisotopic (exact) mass is 294 g/mol. The first-order chi connectivity index (χ1) is 9.69. The molecular formula is C15H19ClN2O2. The van der Waals surface area contributed by atoms with Gasteiger partial charge in [0.05, 0.1) is 23.0 Å². The Hall–Kier alpha value is -1.52. The molecule has 0 unspecified atom stereocenters. The molecule has 1 heterocycles. The fourth-order valence-electron chi connectivity index (χ4n) is 2.04. The van der Waals surface area contributed by atoms with E-state index >= 15 is 0 Å². The van der Waals surface area contributed by atoms with Crippen LogP contribution in [-0.4, -0.2) is 14.9 Å². The van der Waals surface area contributed by atoms with Crippen molar-refractivity contribution in [1.82, 2.24) is 9.78 Å². The average molecular weight is 295 g/mol. The van der Waals surface area contributed by atoms with Crippen LogP contribution in [0.4, 0.5) is 0 Å². The molecule has 0 radical (unpaired) electrons. The predicted molar refractivity (Wildman–Crippen MR) is 79.0 cm³/mol. The highest BCUT2D eigenvalue weighted by Crippen LogP contribution is 2.23. The smallest absolute Gasteiger partial charge is 0.131 e. The first-order valence-electron chi connectivity index (χ1n) is 6.76. The van der Waals surface area contributed by atoms with E-state index in [9.17, 15) is 0 Å². The van der Waals surface area contributed by atoms with E-state index in [2.05, 4.69) is 5.10 Å². The number of aliphatic hydroxyl groups excluding tert-OH is 1. The Morgan fingerprint density at radius 1 is 1.35 bits per heavy atom. The summed E-state index contributed by atoms with van der Waals surface area (Å²) in [6.07, 6.45) is 0.804. The van der Waals surface area contributed by atoms with Crippen molar-refractivity contribution in [3.63, 3.8) is 0 Å². The molecule has 0 fully saturated rings. The Morgan fingerprint density at radius 2 is 2.15 bits per heavy atom. The summed E-state index contributed by atoms with van der Waals surface area (Å²) in [5.41, 5.74) is 2.61. The second kappa shape index (κ2) is 6.77. The van der Waals surface area contributed by atoms with Crippen LogP contribution in [0, 0.1) is 0 Å². The minimum absolute atomic E-state index is 0.00479. The molecule has 1 N–H and O–H groups in total. The standard InChI is InChI=1S/C15H19ClN2O2/c1-3-13-15(16)14(18(4-2)17-13)10-20-12-7-5-6-11(8-12)9-19/h5-8,19H,3-4,9-10H2,1-2H3.